The third-order valence-corrected chi connectivity index (χ3v) is 4.79. The normalized spacial score (nSPS) is 22.3. The fourth-order valence-electron chi connectivity index (χ4n) is 2.82. The Hall–Kier alpha value is -1.40. The van der Waals surface area contributed by atoms with E-state index in [2.05, 4.69) is 4.72 Å². The van der Waals surface area contributed by atoms with Gasteiger partial charge < -0.3 is 4.74 Å². The van der Waals surface area contributed by atoms with Crippen LogP contribution in [-0.4, -0.2) is 33.1 Å². The number of hydrogen-bond acceptors (Lipinski definition) is 4. The van der Waals surface area contributed by atoms with Gasteiger partial charge in [0.05, 0.1) is 6.26 Å². The first-order valence-corrected chi connectivity index (χ1v) is 9.43. The minimum atomic E-state index is -3.17. The molecule has 22 heavy (non-hydrogen) atoms. The summed E-state index contributed by atoms with van der Waals surface area (Å²) < 4.78 is 30.6. The Labute approximate surface area is 132 Å². The Morgan fingerprint density at radius 3 is 2.45 bits per heavy atom. The molecule has 122 valence electrons. The highest BCUT2D eigenvalue weighted by molar-refractivity contribution is 7.88. The van der Waals surface area contributed by atoms with Crippen LogP contribution < -0.4 is 9.46 Å². The van der Waals surface area contributed by atoms with E-state index < -0.39 is 10.0 Å². The van der Waals surface area contributed by atoms with E-state index in [1.807, 2.05) is 31.2 Å². The van der Waals surface area contributed by atoms with E-state index in [0.29, 0.717) is 25.7 Å². The number of para-hydroxylation sites is 1. The lowest BCUT2D eigenvalue weighted by Gasteiger charge is -2.27. The third-order valence-electron chi connectivity index (χ3n) is 4.03. The first-order chi connectivity index (χ1) is 10.3. The van der Waals surface area contributed by atoms with Crippen LogP contribution in [0.4, 0.5) is 0 Å². The van der Waals surface area contributed by atoms with Crippen LogP contribution in [0.1, 0.15) is 31.2 Å². The second-order valence-corrected chi connectivity index (χ2v) is 7.74. The number of rotatable bonds is 6. The summed E-state index contributed by atoms with van der Waals surface area (Å²) in [5.74, 6) is 0.811. The summed E-state index contributed by atoms with van der Waals surface area (Å²) in [5, 5.41) is 0. The van der Waals surface area contributed by atoms with Crippen LogP contribution in [0.2, 0.25) is 0 Å². The van der Waals surface area contributed by atoms with Gasteiger partial charge in [-0.1, -0.05) is 18.2 Å². The van der Waals surface area contributed by atoms with Gasteiger partial charge in [-0.25, -0.2) is 13.1 Å². The number of carbonyl (C=O) groups excluding carboxylic acids is 1. The highest BCUT2D eigenvalue weighted by Gasteiger charge is 2.27. The Bertz CT molecular complexity index is 619. The molecule has 0 atom stereocenters. The second-order valence-electron chi connectivity index (χ2n) is 5.96. The number of aryl methyl sites for hydroxylation is 1. The lowest BCUT2D eigenvalue weighted by Crippen LogP contribution is -2.38. The highest BCUT2D eigenvalue weighted by Crippen LogP contribution is 2.26. The van der Waals surface area contributed by atoms with Crippen molar-refractivity contribution in [1.29, 1.82) is 0 Å². The maximum Gasteiger partial charge on any atom is 0.208 e. The van der Waals surface area contributed by atoms with Gasteiger partial charge in [0, 0.05) is 12.0 Å². The van der Waals surface area contributed by atoms with E-state index in [1.165, 1.54) is 6.26 Å². The number of benzene rings is 1. The lowest BCUT2D eigenvalue weighted by atomic mass is 9.84. The zero-order valence-corrected chi connectivity index (χ0v) is 13.9. The summed E-state index contributed by atoms with van der Waals surface area (Å²) in [6.45, 7) is 2.03. The monoisotopic (exact) mass is 325 g/mol. The maximum atomic E-state index is 12.2. The van der Waals surface area contributed by atoms with E-state index in [9.17, 15) is 13.2 Å². The predicted molar refractivity (Wildman–Crippen MR) is 85.4 cm³/mol. The lowest BCUT2D eigenvalue weighted by molar-refractivity contribution is -0.125. The number of sulfonamides is 1. The van der Waals surface area contributed by atoms with E-state index in [1.54, 1.807) is 0 Å². The molecule has 1 aliphatic rings. The molecule has 0 amide bonds. The van der Waals surface area contributed by atoms with Crippen LogP contribution in [0.5, 0.6) is 5.75 Å². The van der Waals surface area contributed by atoms with Crippen molar-refractivity contribution in [3.63, 3.8) is 0 Å². The van der Waals surface area contributed by atoms with Gasteiger partial charge in [-0.3, -0.25) is 4.79 Å². The van der Waals surface area contributed by atoms with E-state index in [4.69, 9.17) is 4.74 Å². The minimum absolute atomic E-state index is 0.0263. The fourth-order valence-corrected chi connectivity index (χ4v) is 3.66. The van der Waals surface area contributed by atoms with Crippen molar-refractivity contribution in [3.8, 4) is 5.75 Å². The maximum absolute atomic E-state index is 12.2. The summed E-state index contributed by atoms with van der Waals surface area (Å²) in [5.41, 5.74) is 1.01. The van der Waals surface area contributed by atoms with Crippen molar-refractivity contribution in [2.75, 3.05) is 12.9 Å². The molecule has 1 aromatic rings. The van der Waals surface area contributed by atoms with Gasteiger partial charge in [0.25, 0.3) is 0 Å². The van der Waals surface area contributed by atoms with Crippen molar-refractivity contribution < 1.29 is 17.9 Å². The van der Waals surface area contributed by atoms with Gasteiger partial charge in [0.1, 0.15) is 12.4 Å². The van der Waals surface area contributed by atoms with Crippen molar-refractivity contribution in [1.82, 2.24) is 4.72 Å². The van der Waals surface area contributed by atoms with Crippen molar-refractivity contribution in [2.24, 2.45) is 5.92 Å². The van der Waals surface area contributed by atoms with Gasteiger partial charge >= 0.3 is 0 Å². The topological polar surface area (TPSA) is 72.5 Å². The van der Waals surface area contributed by atoms with Crippen LogP contribution in [0.25, 0.3) is 0 Å². The first kappa shape index (κ1) is 17.0. The molecule has 0 saturated heterocycles. The summed E-state index contributed by atoms with van der Waals surface area (Å²) in [4.78, 5) is 12.2. The summed E-state index contributed by atoms with van der Waals surface area (Å²) >= 11 is 0. The molecule has 0 heterocycles. The molecule has 6 heteroatoms. The number of carbonyl (C=O) groups is 1. The molecule has 0 bridgehead atoms. The zero-order valence-electron chi connectivity index (χ0n) is 13.0. The van der Waals surface area contributed by atoms with Gasteiger partial charge in [-0.15, -0.1) is 0 Å². The van der Waals surface area contributed by atoms with E-state index in [-0.39, 0.29) is 24.3 Å². The summed E-state index contributed by atoms with van der Waals surface area (Å²) in [6.07, 6.45) is 3.99. The molecular weight excluding hydrogens is 302 g/mol. The van der Waals surface area contributed by atoms with Gasteiger partial charge in [0.15, 0.2) is 5.78 Å². The minimum Gasteiger partial charge on any atom is -0.486 e. The Morgan fingerprint density at radius 2 is 1.86 bits per heavy atom. The fraction of sp³-hybridized carbons (Fsp3) is 0.562. The van der Waals surface area contributed by atoms with Crippen molar-refractivity contribution in [2.45, 2.75) is 38.6 Å². The highest BCUT2D eigenvalue weighted by atomic mass is 32.2. The molecule has 1 aromatic carbocycles. The van der Waals surface area contributed by atoms with Crippen molar-refractivity contribution in [3.05, 3.63) is 29.8 Å². The van der Waals surface area contributed by atoms with Gasteiger partial charge in [-0.05, 0) is 44.2 Å². The Balaban J connectivity index is 1.79. The molecule has 5 nitrogen and oxygen atoms in total. The van der Waals surface area contributed by atoms with Crippen LogP contribution >= 0.6 is 0 Å². The van der Waals surface area contributed by atoms with Crippen molar-refractivity contribution >= 4 is 15.8 Å². The molecule has 0 aliphatic heterocycles. The largest absolute Gasteiger partial charge is 0.486 e. The van der Waals surface area contributed by atoms with Gasteiger partial charge in [-0.2, -0.15) is 0 Å². The zero-order chi connectivity index (χ0) is 16.2. The second kappa shape index (κ2) is 7.24. The summed E-state index contributed by atoms with van der Waals surface area (Å²) in [6, 6.07) is 7.57. The molecule has 0 radical (unpaired) electrons. The SMILES string of the molecule is Cc1ccccc1OCC(=O)C1CCC(NS(C)(=O)=O)CC1. The van der Waals surface area contributed by atoms with Crippen LogP contribution in [-0.2, 0) is 14.8 Å². The van der Waals surface area contributed by atoms with E-state index >= 15 is 0 Å². The molecule has 1 fully saturated rings. The summed E-state index contributed by atoms with van der Waals surface area (Å²) in [7, 11) is -3.17. The van der Waals surface area contributed by atoms with Crippen LogP contribution in [0, 0.1) is 12.8 Å². The number of nitrogens with one attached hydrogen (secondary N) is 1. The first-order valence-electron chi connectivity index (χ1n) is 7.53. The quantitative estimate of drug-likeness (QED) is 0.869. The Morgan fingerprint density at radius 1 is 1.23 bits per heavy atom. The van der Waals surface area contributed by atoms with E-state index in [0.717, 1.165) is 11.3 Å². The standard InChI is InChI=1S/C16H23NO4S/c1-12-5-3-4-6-16(12)21-11-15(18)13-7-9-14(10-8-13)17-22(2,19)20/h3-6,13-14,17H,7-11H2,1-2H3. The molecule has 0 spiro atoms. The molecule has 0 aromatic heterocycles. The molecular formula is C16H23NO4S. The number of Topliss-reactive ketones (excluding diaryl/α,β-unsaturated/α-hetero) is 1. The average Bonchev–Trinajstić information content (AvgIpc) is 2.45. The predicted octanol–water partition coefficient (Wildman–Crippen LogP) is 2.05. The Kier molecular flexibility index (Phi) is 5.58. The number of ether oxygens (including phenoxy) is 1. The van der Waals surface area contributed by atoms with Gasteiger partial charge in [0.2, 0.25) is 10.0 Å². The molecule has 0 unspecified atom stereocenters. The number of hydrogen-bond donors (Lipinski definition) is 1. The smallest absolute Gasteiger partial charge is 0.208 e. The molecule has 1 aliphatic carbocycles. The third kappa shape index (κ3) is 5.10. The van der Waals surface area contributed by atoms with Crippen LogP contribution in [0.15, 0.2) is 24.3 Å². The average molecular weight is 325 g/mol. The molecule has 1 saturated carbocycles. The molecule has 2 rings (SSSR count). The molecule has 1 N–H and O–H groups in total. The number of ketones is 1. The van der Waals surface area contributed by atoms with Crippen LogP contribution in [0.3, 0.4) is 0 Å².